The van der Waals surface area contributed by atoms with Gasteiger partial charge in [0, 0.05) is 36.6 Å². The van der Waals surface area contributed by atoms with Crippen molar-refractivity contribution in [1.82, 2.24) is 14.9 Å². The fourth-order valence-electron chi connectivity index (χ4n) is 2.96. The Balaban J connectivity index is 1.61. The highest BCUT2D eigenvalue weighted by Crippen LogP contribution is 2.15. The van der Waals surface area contributed by atoms with Gasteiger partial charge in [0.05, 0.1) is 4.90 Å². The van der Waals surface area contributed by atoms with Crippen LogP contribution in [0.4, 0.5) is 0 Å². The van der Waals surface area contributed by atoms with Gasteiger partial charge >= 0.3 is 0 Å². The molecule has 26 heavy (non-hydrogen) atoms. The number of likely N-dealkylation sites (N-methyl/N-ethyl adjacent to an activating group) is 1. The van der Waals surface area contributed by atoms with Gasteiger partial charge in [0.1, 0.15) is 0 Å². The molecule has 2 N–H and O–H groups in total. The summed E-state index contributed by atoms with van der Waals surface area (Å²) in [5.41, 5.74) is 0.497. The number of thiophene rings is 1. The van der Waals surface area contributed by atoms with Crippen LogP contribution in [0.15, 0.2) is 46.7 Å². The minimum Gasteiger partial charge on any atom is -0.337 e. The Bertz CT molecular complexity index is 827. The lowest BCUT2D eigenvalue weighted by atomic mass is 10.1. The third-order valence-corrected chi connectivity index (χ3v) is 6.97. The lowest BCUT2D eigenvalue weighted by Crippen LogP contribution is -2.38. The predicted molar refractivity (Wildman–Crippen MR) is 103 cm³/mol. The Hall–Kier alpha value is -1.74. The van der Waals surface area contributed by atoms with Gasteiger partial charge < -0.3 is 10.2 Å². The molecule has 1 atom stereocenters. The highest BCUT2D eigenvalue weighted by molar-refractivity contribution is 7.89. The summed E-state index contributed by atoms with van der Waals surface area (Å²) in [5.74, 6) is -0.0895. The van der Waals surface area contributed by atoms with Crippen molar-refractivity contribution in [3.8, 4) is 0 Å². The molecular weight excluding hydrogens is 370 g/mol. The second-order valence-corrected chi connectivity index (χ2v) is 9.11. The molecule has 6 nitrogen and oxygen atoms in total. The fourth-order valence-corrected chi connectivity index (χ4v) is 4.70. The van der Waals surface area contributed by atoms with Gasteiger partial charge in [-0.3, -0.25) is 4.79 Å². The number of amides is 1. The summed E-state index contributed by atoms with van der Waals surface area (Å²) in [5, 5.41) is 5.21. The molecule has 1 fully saturated rings. The van der Waals surface area contributed by atoms with Crippen LogP contribution in [0, 0.1) is 0 Å². The van der Waals surface area contributed by atoms with E-state index in [2.05, 4.69) is 10.0 Å². The van der Waals surface area contributed by atoms with Crippen LogP contribution in [0.5, 0.6) is 0 Å². The average Bonchev–Trinajstić information content (AvgIpc) is 3.34. The van der Waals surface area contributed by atoms with Crippen molar-refractivity contribution in [2.45, 2.75) is 23.8 Å². The largest absolute Gasteiger partial charge is 0.337 e. The predicted octanol–water partition coefficient (Wildman–Crippen LogP) is 1.70. The molecule has 0 aliphatic carbocycles. The Morgan fingerprint density at radius 2 is 2.08 bits per heavy atom. The Morgan fingerprint density at radius 1 is 1.31 bits per heavy atom. The van der Waals surface area contributed by atoms with Gasteiger partial charge in [0.2, 0.25) is 10.0 Å². The molecule has 1 amide bonds. The van der Waals surface area contributed by atoms with Gasteiger partial charge in [0.25, 0.3) is 5.91 Å². The molecule has 8 heteroatoms. The number of benzene rings is 1. The summed E-state index contributed by atoms with van der Waals surface area (Å²) in [6.45, 7) is 2.06. The van der Waals surface area contributed by atoms with Gasteiger partial charge in [-0.25, -0.2) is 13.1 Å². The van der Waals surface area contributed by atoms with Crippen molar-refractivity contribution in [1.29, 1.82) is 0 Å². The van der Waals surface area contributed by atoms with Gasteiger partial charge in [-0.2, -0.15) is 0 Å². The molecule has 2 aromatic rings. The molecule has 1 aliphatic rings. The number of nitrogens with zero attached hydrogens (tertiary/aromatic N) is 1. The Kier molecular flexibility index (Phi) is 6.08. The summed E-state index contributed by atoms with van der Waals surface area (Å²) in [4.78, 5) is 15.6. The van der Waals surface area contributed by atoms with E-state index in [0.717, 1.165) is 24.4 Å². The monoisotopic (exact) mass is 393 g/mol. The topological polar surface area (TPSA) is 78.5 Å². The number of hydrogen-bond acceptors (Lipinski definition) is 5. The van der Waals surface area contributed by atoms with Crippen LogP contribution in [-0.2, 0) is 16.4 Å². The summed E-state index contributed by atoms with van der Waals surface area (Å²) < 4.78 is 27.4. The summed E-state index contributed by atoms with van der Waals surface area (Å²) in [6.07, 6.45) is 1.59. The van der Waals surface area contributed by atoms with E-state index < -0.39 is 10.0 Å². The molecule has 140 valence electrons. The lowest BCUT2D eigenvalue weighted by Gasteiger charge is -2.23. The average molecular weight is 394 g/mol. The first-order valence-corrected chi connectivity index (χ1v) is 10.9. The normalized spacial score (nSPS) is 17.3. The van der Waals surface area contributed by atoms with E-state index >= 15 is 0 Å². The quantitative estimate of drug-likeness (QED) is 0.751. The molecule has 1 unspecified atom stereocenters. The van der Waals surface area contributed by atoms with Crippen LogP contribution in [0.25, 0.3) is 0 Å². The summed E-state index contributed by atoms with van der Waals surface area (Å²) in [6, 6.07) is 10.2. The van der Waals surface area contributed by atoms with Crippen molar-refractivity contribution in [3.05, 3.63) is 52.2 Å². The van der Waals surface area contributed by atoms with Crippen molar-refractivity contribution in [2.24, 2.45) is 0 Å². The van der Waals surface area contributed by atoms with Crippen LogP contribution < -0.4 is 10.0 Å². The molecule has 2 heterocycles. The van der Waals surface area contributed by atoms with Gasteiger partial charge in [-0.05, 0) is 55.1 Å². The first-order chi connectivity index (χ1) is 12.5. The fraction of sp³-hybridized carbons (Fsp3) is 0.389. The second kappa shape index (κ2) is 8.30. The maximum Gasteiger partial charge on any atom is 0.253 e. The zero-order valence-electron chi connectivity index (χ0n) is 14.6. The van der Waals surface area contributed by atoms with Gasteiger partial charge in [0.15, 0.2) is 0 Å². The Morgan fingerprint density at radius 3 is 2.69 bits per heavy atom. The molecule has 0 radical (unpaired) electrons. The third kappa shape index (κ3) is 4.50. The SMILES string of the molecule is CN(C(=O)c1ccc(S(=O)(=O)NCCc2cccs2)cc1)C1CCNC1. The molecular formula is C18H23N3O3S2. The van der Waals surface area contributed by atoms with E-state index in [0.29, 0.717) is 18.5 Å². The van der Waals surface area contributed by atoms with Crippen molar-refractivity contribution in [2.75, 3.05) is 26.7 Å². The molecule has 0 saturated carbocycles. The lowest BCUT2D eigenvalue weighted by molar-refractivity contribution is 0.0743. The van der Waals surface area contributed by atoms with E-state index in [1.165, 1.54) is 12.1 Å². The van der Waals surface area contributed by atoms with Gasteiger partial charge in [-0.1, -0.05) is 6.07 Å². The van der Waals surface area contributed by atoms with E-state index in [1.807, 2.05) is 17.5 Å². The molecule has 0 spiro atoms. The highest BCUT2D eigenvalue weighted by atomic mass is 32.2. The van der Waals surface area contributed by atoms with E-state index in [4.69, 9.17) is 0 Å². The first-order valence-electron chi connectivity index (χ1n) is 8.57. The highest BCUT2D eigenvalue weighted by Gasteiger charge is 2.24. The van der Waals surface area contributed by atoms with Crippen LogP contribution >= 0.6 is 11.3 Å². The number of hydrogen-bond donors (Lipinski definition) is 2. The number of rotatable bonds is 7. The number of sulfonamides is 1. The molecule has 3 rings (SSSR count). The minimum atomic E-state index is -3.57. The van der Waals surface area contributed by atoms with E-state index in [9.17, 15) is 13.2 Å². The van der Waals surface area contributed by atoms with Crippen LogP contribution in [0.1, 0.15) is 21.7 Å². The molecule has 1 aromatic heterocycles. The number of carbonyl (C=O) groups is 1. The molecule has 0 bridgehead atoms. The second-order valence-electron chi connectivity index (χ2n) is 6.31. The van der Waals surface area contributed by atoms with Crippen molar-refractivity contribution in [3.63, 3.8) is 0 Å². The summed E-state index contributed by atoms with van der Waals surface area (Å²) in [7, 11) is -1.78. The van der Waals surface area contributed by atoms with Gasteiger partial charge in [-0.15, -0.1) is 11.3 Å². The molecule has 1 aliphatic heterocycles. The van der Waals surface area contributed by atoms with Crippen LogP contribution in [0.3, 0.4) is 0 Å². The summed E-state index contributed by atoms with van der Waals surface area (Å²) >= 11 is 1.61. The zero-order chi connectivity index (χ0) is 18.6. The molecule has 1 saturated heterocycles. The van der Waals surface area contributed by atoms with Crippen LogP contribution in [-0.4, -0.2) is 51.9 Å². The van der Waals surface area contributed by atoms with E-state index in [1.54, 1.807) is 35.4 Å². The Labute approximate surface area is 158 Å². The third-order valence-electron chi connectivity index (χ3n) is 4.56. The molecule has 1 aromatic carbocycles. The standard InChI is InChI=1S/C18H23N3O3S2/c1-21(15-8-10-19-13-15)18(22)14-4-6-17(7-5-14)26(23,24)20-11-9-16-3-2-12-25-16/h2-7,12,15,19-20H,8-11,13H2,1H3. The maximum absolute atomic E-state index is 12.5. The van der Waals surface area contributed by atoms with Crippen molar-refractivity contribution < 1.29 is 13.2 Å². The zero-order valence-corrected chi connectivity index (χ0v) is 16.3. The first kappa shape index (κ1) is 19.0. The maximum atomic E-state index is 12.5. The smallest absolute Gasteiger partial charge is 0.253 e. The van der Waals surface area contributed by atoms with Crippen LogP contribution in [0.2, 0.25) is 0 Å². The van der Waals surface area contributed by atoms with Crippen molar-refractivity contribution >= 4 is 27.3 Å². The van der Waals surface area contributed by atoms with E-state index in [-0.39, 0.29) is 16.8 Å². The minimum absolute atomic E-state index is 0.0895. The number of nitrogens with one attached hydrogen (secondary N) is 2. The number of carbonyl (C=O) groups excluding carboxylic acids is 1.